The minimum Gasteiger partial charge on any atom is -0.332 e. The number of carbonyl (C=O) groups excluding carboxylic acids is 2. The van der Waals surface area contributed by atoms with E-state index >= 15 is 0 Å². The van der Waals surface area contributed by atoms with Gasteiger partial charge in [0.25, 0.3) is 0 Å². The third-order valence-electron chi connectivity index (χ3n) is 2.62. The van der Waals surface area contributed by atoms with Crippen LogP contribution < -0.4 is 0 Å². The fourth-order valence-corrected chi connectivity index (χ4v) is 2.24. The van der Waals surface area contributed by atoms with Crippen LogP contribution in [0.25, 0.3) is 0 Å². The van der Waals surface area contributed by atoms with Crippen LogP contribution in [0, 0.1) is 5.82 Å². The van der Waals surface area contributed by atoms with Crippen molar-refractivity contribution in [3.05, 3.63) is 52.3 Å². The second-order valence-electron chi connectivity index (χ2n) is 4.01. The molecule has 0 atom stereocenters. The molecule has 0 radical (unpaired) electrons. The molecule has 98 valence electrons. The van der Waals surface area contributed by atoms with Crippen LogP contribution in [0.4, 0.5) is 4.39 Å². The van der Waals surface area contributed by atoms with Crippen LogP contribution in [0.1, 0.15) is 27.4 Å². The number of carbonyl (C=O) groups is 2. The quantitative estimate of drug-likeness (QED) is 0.642. The zero-order chi connectivity index (χ0) is 14.0. The molecule has 0 amide bonds. The van der Waals surface area contributed by atoms with Gasteiger partial charge in [0.15, 0.2) is 11.6 Å². The third-order valence-corrected chi connectivity index (χ3v) is 3.28. The van der Waals surface area contributed by atoms with E-state index < -0.39 is 5.82 Å². The summed E-state index contributed by atoms with van der Waals surface area (Å²) in [4.78, 5) is 27.8. The Labute approximate surface area is 117 Å². The molecule has 1 heterocycles. The van der Waals surface area contributed by atoms with Gasteiger partial charge in [0.05, 0.1) is 6.42 Å². The van der Waals surface area contributed by atoms with Crippen LogP contribution in [-0.2, 0) is 7.05 Å². The SMILES string of the molecule is Cn1ccnc1C(=O)CC(=O)c1ccc(F)cc1Br. The van der Waals surface area contributed by atoms with Crippen molar-refractivity contribution >= 4 is 27.5 Å². The maximum atomic E-state index is 12.9. The molecule has 2 rings (SSSR count). The summed E-state index contributed by atoms with van der Waals surface area (Å²) in [6, 6.07) is 3.73. The standard InChI is InChI=1S/C13H10BrFN2O2/c1-17-5-4-16-13(17)12(19)7-11(18)9-3-2-8(15)6-10(9)14/h2-6H,7H2,1H3. The van der Waals surface area contributed by atoms with E-state index in [4.69, 9.17) is 0 Å². The molecule has 0 saturated carbocycles. The average Bonchev–Trinajstić information content (AvgIpc) is 2.75. The highest BCUT2D eigenvalue weighted by Gasteiger charge is 2.18. The van der Waals surface area contributed by atoms with Crippen molar-refractivity contribution in [1.29, 1.82) is 0 Å². The van der Waals surface area contributed by atoms with Crippen LogP contribution in [0.15, 0.2) is 35.1 Å². The second kappa shape index (κ2) is 5.44. The number of ketones is 2. The molecule has 0 unspecified atom stereocenters. The minimum absolute atomic E-state index is 0.228. The monoisotopic (exact) mass is 324 g/mol. The number of nitrogens with zero attached hydrogens (tertiary/aromatic N) is 2. The molecule has 19 heavy (non-hydrogen) atoms. The van der Waals surface area contributed by atoms with Crippen LogP contribution in [0.5, 0.6) is 0 Å². The van der Waals surface area contributed by atoms with E-state index in [2.05, 4.69) is 20.9 Å². The molecule has 0 aliphatic rings. The highest BCUT2D eigenvalue weighted by atomic mass is 79.9. The van der Waals surface area contributed by atoms with Gasteiger partial charge in [-0.25, -0.2) is 9.37 Å². The van der Waals surface area contributed by atoms with Gasteiger partial charge in [-0.2, -0.15) is 0 Å². The number of hydrogen-bond donors (Lipinski definition) is 0. The van der Waals surface area contributed by atoms with Gasteiger partial charge < -0.3 is 4.57 Å². The van der Waals surface area contributed by atoms with E-state index in [0.717, 1.165) is 0 Å². The zero-order valence-corrected chi connectivity index (χ0v) is 11.6. The Morgan fingerprint density at radius 3 is 2.68 bits per heavy atom. The number of rotatable bonds is 4. The molecule has 0 saturated heterocycles. The normalized spacial score (nSPS) is 10.5. The van der Waals surface area contributed by atoms with Gasteiger partial charge in [0.1, 0.15) is 5.82 Å². The smallest absolute Gasteiger partial charge is 0.205 e. The van der Waals surface area contributed by atoms with Gasteiger partial charge in [-0.15, -0.1) is 0 Å². The highest BCUT2D eigenvalue weighted by molar-refractivity contribution is 9.10. The fraction of sp³-hybridized carbons (Fsp3) is 0.154. The first kappa shape index (κ1) is 13.6. The lowest BCUT2D eigenvalue weighted by molar-refractivity contribution is 0.0886. The molecule has 4 nitrogen and oxygen atoms in total. The molecule has 0 spiro atoms. The Balaban J connectivity index is 2.18. The molecule has 0 aliphatic heterocycles. The van der Waals surface area contributed by atoms with Crippen LogP contribution in [0.2, 0.25) is 0 Å². The van der Waals surface area contributed by atoms with Crippen LogP contribution in [0.3, 0.4) is 0 Å². The molecule has 1 aromatic heterocycles. The Morgan fingerprint density at radius 2 is 2.11 bits per heavy atom. The molecular formula is C13H10BrFN2O2. The van der Waals surface area contributed by atoms with Gasteiger partial charge in [0, 0.05) is 29.5 Å². The molecule has 0 aliphatic carbocycles. The molecule has 0 bridgehead atoms. The maximum absolute atomic E-state index is 12.9. The summed E-state index contributed by atoms with van der Waals surface area (Å²) in [7, 11) is 1.68. The van der Waals surface area contributed by atoms with E-state index in [1.807, 2.05) is 0 Å². The molecular weight excluding hydrogens is 315 g/mol. The van der Waals surface area contributed by atoms with Crippen LogP contribution >= 0.6 is 15.9 Å². The lowest BCUT2D eigenvalue weighted by atomic mass is 10.1. The van der Waals surface area contributed by atoms with Crippen molar-refractivity contribution < 1.29 is 14.0 Å². The summed E-state index contributed by atoms with van der Waals surface area (Å²) in [5.74, 6) is -0.959. The molecule has 0 N–H and O–H groups in total. The van der Waals surface area contributed by atoms with Crippen molar-refractivity contribution in [2.45, 2.75) is 6.42 Å². The predicted molar refractivity (Wildman–Crippen MR) is 70.6 cm³/mol. The summed E-state index contributed by atoms with van der Waals surface area (Å²) in [6.45, 7) is 0. The van der Waals surface area contributed by atoms with Crippen molar-refractivity contribution in [3.63, 3.8) is 0 Å². The Hall–Kier alpha value is -1.82. The van der Waals surface area contributed by atoms with Crippen molar-refractivity contribution in [3.8, 4) is 0 Å². The van der Waals surface area contributed by atoms with E-state index in [0.29, 0.717) is 4.47 Å². The van der Waals surface area contributed by atoms with Crippen molar-refractivity contribution in [1.82, 2.24) is 9.55 Å². The summed E-state index contributed by atoms with van der Waals surface area (Å²) in [5, 5.41) is 0. The summed E-state index contributed by atoms with van der Waals surface area (Å²) >= 11 is 3.11. The lowest BCUT2D eigenvalue weighted by Gasteiger charge is -2.04. The number of aromatic nitrogens is 2. The highest BCUT2D eigenvalue weighted by Crippen LogP contribution is 2.20. The van der Waals surface area contributed by atoms with E-state index in [-0.39, 0.29) is 29.4 Å². The molecule has 2 aromatic rings. The van der Waals surface area contributed by atoms with Gasteiger partial charge in [-0.05, 0) is 34.1 Å². The van der Waals surface area contributed by atoms with E-state index in [1.54, 1.807) is 17.8 Å². The second-order valence-corrected chi connectivity index (χ2v) is 4.86. The van der Waals surface area contributed by atoms with Gasteiger partial charge >= 0.3 is 0 Å². The third kappa shape index (κ3) is 2.96. The van der Waals surface area contributed by atoms with Gasteiger partial charge in [-0.1, -0.05) is 0 Å². The first-order valence-corrected chi connectivity index (χ1v) is 6.27. The number of halogens is 2. The zero-order valence-electron chi connectivity index (χ0n) is 10.1. The van der Waals surface area contributed by atoms with Gasteiger partial charge in [-0.3, -0.25) is 9.59 Å². The average molecular weight is 325 g/mol. The first-order valence-electron chi connectivity index (χ1n) is 5.48. The predicted octanol–water partition coefficient (Wildman–Crippen LogP) is 2.78. The lowest BCUT2D eigenvalue weighted by Crippen LogP contribution is -2.13. The fourth-order valence-electron chi connectivity index (χ4n) is 1.67. The van der Waals surface area contributed by atoms with E-state index in [9.17, 15) is 14.0 Å². The summed E-state index contributed by atoms with van der Waals surface area (Å²) < 4.78 is 14.8. The Morgan fingerprint density at radius 1 is 1.37 bits per heavy atom. The first-order chi connectivity index (χ1) is 8.99. The summed E-state index contributed by atoms with van der Waals surface area (Å²) in [5.41, 5.74) is 0.281. The van der Waals surface area contributed by atoms with Gasteiger partial charge in [0.2, 0.25) is 5.78 Å². The van der Waals surface area contributed by atoms with Crippen molar-refractivity contribution in [2.24, 2.45) is 7.05 Å². The molecule has 6 heteroatoms. The molecule has 1 aromatic carbocycles. The molecule has 0 fully saturated rings. The number of Topliss-reactive ketones (excluding diaryl/α,β-unsaturated/α-hetero) is 2. The topological polar surface area (TPSA) is 52.0 Å². The Kier molecular flexibility index (Phi) is 3.90. The number of benzene rings is 1. The summed E-state index contributed by atoms with van der Waals surface area (Å²) in [6.07, 6.45) is 2.83. The number of aryl methyl sites for hydroxylation is 1. The van der Waals surface area contributed by atoms with Crippen molar-refractivity contribution in [2.75, 3.05) is 0 Å². The minimum atomic E-state index is -0.446. The largest absolute Gasteiger partial charge is 0.332 e. The van der Waals surface area contributed by atoms with E-state index in [1.165, 1.54) is 24.4 Å². The Bertz CT molecular complexity index is 652. The number of imidazole rings is 1. The van der Waals surface area contributed by atoms with Crippen LogP contribution in [-0.4, -0.2) is 21.1 Å². The maximum Gasteiger partial charge on any atom is 0.205 e. The number of hydrogen-bond acceptors (Lipinski definition) is 3.